The van der Waals surface area contributed by atoms with Crippen LogP contribution in [0.4, 0.5) is 5.95 Å². The minimum Gasteiger partial charge on any atom is -0.400 e. The lowest BCUT2D eigenvalue weighted by Gasteiger charge is -2.17. The van der Waals surface area contributed by atoms with Crippen LogP contribution in [0.5, 0.6) is 0 Å². The quantitative estimate of drug-likeness (QED) is 0.538. The van der Waals surface area contributed by atoms with Gasteiger partial charge in [0.1, 0.15) is 0 Å². The molecule has 1 aliphatic heterocycles. The number of hydrogen-bond donors (Lipinski definition) is 4. The Hall–Kier alpha value is -2.01. The second-order valence-corrected chi connectivity index (χ2v) is 4.78. The number of nitrogens with two attached hydrogens (primary N) is 2. The van der Waals surface area contributed by atoms with Gasteiger partial charge in [0.05, 0.1) is 25.1 Å². The van der Waals surface area contributed by atoms with Crippen LogP contribution in [0, 0.1) is 0 Å². The Kier molecular flexibility index (Phi) is 5.08. The number of anilines is 1. The summed E-state index contributed by atoms with van der Waals surface area (Å²) in [6, 6.07) is -0.227. The average Bonchev–Trinajstić information content (AvgIpc) is 3.05. The van der Waals surface area contributed by atoms with Gasteiger partial charge in [0.2, 0.25) is 5.95 Å². The van der Waals surface area contributed by atoms with Crippen LogP contribution in [-0.4, -0.2) is 57.6 Å². The van der Waals surface area contributed by atoms with Crippen LogP contribution >= 0.6 is 0 Å². The number of aromatic nitrogens is 4. The van der Waals surface area contributed by atoms with Gasteiger partial charge in [-0.1, -0.05) is 0 Å². The number of nitrogens with one attached hydrogen (secondary N) is 1. The van der Waals surface area contributed by atoms with E-state index in [1.807, 2.05) is 0 Å². The molecular weight excluding hydrogens is 292 g/mol. The van der Waals surface area contributed by atoms with Gasteiger partial charge in [0.15, 0.2) is 17.4 Å². The number of nitrogens with zero attached hydrogens (tertiary/aromatic N) is 3. The Morgan fingerprint density at radius 1 is 1.59 bits per heavy atom. The number of imidazole rings is 1. The molecule has 3 atom stereocenters. The fraction of sp³-hybridized carbons (Fsp3) is 0.583. The van der Waals surface area contributed by atoms with Crippen molar-refractivity contribution in [3.05, 3.63) is 16.7 Å². The van der Waals surface area contributed by atoms with Gasteiger partial charge in [-0.3, -0.25) is 14.3 Å². The van der Waals surface area contributed by atoms with Crippen molar-refractivity contribution in [1.82, 2.24) is 19.5 Å². The van der Waals surface area contributed by atoms with E-state index in [0.717, 1.165) is 7.11 Å². The molecule has 0 aromatic carbocycles. The molecule has 1 saturated heterocycles. The van der Waals surface area contributed by atoms with E-state index in [1.54, 1.807) is 11.7 Å². The lowest BCUT2D eigenvalue weighted by atomic mass is 10.2. The summed E-state index contributed by atoms with van der Waals surface area (Å²) in [5.41, 5.74) is 11.8. The smallest absolute Gasteiger partial charge is 0.280 e. The molecule has 3 rings (SSSR count). The monoisotopic (exact) mass is 312 g/mol. The van der Waals surface area contributed by atoms with Gasteiger partial charge < -0.3 is 26.0 Å². The lowest BCUT2D eigenvalue weighted by molar-refractivity contribution is -0.0328. The predicted octanol–water partition coefficient (Wildman–Crippen LogP) is -1.43. The van der Waals surface area contributed by atoms with E-state index < -0.39 is 6.23 Å². The molecule has 10 nitrogen and oxygen atoms in total. The number of ether oxygens (including phenoxy) is 2. The molecule has 0 saturated carbocycles. The summed E-state index contributed by atoms with van der Waals surface area (Å²) in [6.07, 6.45) is 1.63. The maximum absolute atomic E-state index is 11.7. The molecule has 22 heavy (non-hydrogen) atoms. The van der Waals surface area contributed by atoms with Crippen LogP contribution in [0.3, 0.4) is 0 Å². The number of aromatic amines is 1. The molecule has 6 N–H and O–H groups in total. The van der Waals surface area contributed by atoms with Gasteiger partial charge in [0.25, 0.3) is 5.56 Å². The summed E-state index contributed by atoms with van der Waals surface area (Å²) < 4.78 is 12.5. The Labute approximate surface area is 126 Å². The molecule has 0 spiro atoms. The molecule has 1 unspecified atom stereocenters. The van der Waals surface area contributed by atoms with Gasteiger partial charge >= 0.3 is 0 Å². The Morgan fingerprint density at radius 2 is 2.32 bits per heavy atom. The second kappa shape index (κ2) is 6.83. The number of aliphatic hydroxyl groups is 1. The SMILES string of the molecule is CO.COC[C@@H]1CC(N)[C@H](n2cnc3c(=O)[nH]c(N)nc32)O1. The van der Waals surface area contributed by atoms with Crippen molar-refractivity contribution in [3.63, 3.8) is 0 Å². The van der Waals surface area contributed by atoms with Gasteiger partial charge in [-0.2, -0.15) is 4.98 Å². The molecule has 1 fully saturated rings. The average molecular weight is 312 g/mol. The van der Waals surface area contributed by atoms with E-state index in [-0.39, 0.29) is 29.2 Å². The summed E-state index contributed by atoms with van der Waals surface area (Å²) in [7, 11) is 2.61. The number of methoxy groups -OCH3 is 1. The van der Waals surface area contributed by atoms with E-state index in [9.17, 15) is 4.79 Å². The lowest BCUT2D eigenvalue weighted by Crippen LogP contribution is -2.28. The van der Waals surface area contributed by atoms with Gasteiger partial charge in [0, 0.05) is 14.2 Å². The number of fused-ring (bicyclic) bond motifs is 1. The zero-order valence-corrected chi connectivity index (χ0v) is 12.4. The zero-order chi connectivity index (χ0) is 16.3. The number of nitrogen functional groups attached to an aromatic ring is 1. The molecule has 10 heteroatoms. The van der Waals surface area contributed by atoms with E-state index in [4.69, 9.17) is 26.0 Å². The molecule has 0 bridgehead atoms. The fourth-order valence-electron chi connectivity index (χ4n) is 2.47. The van der Waals surface area contributed by atoms with Crippen LogP contribution in [-0.2, 0) is 9.47 Å². The summed E-state index contributed by atoms with van der Waals surface area (Å²) in [6.45, 7) is 0.465. The first-order chi connectivity index (χ1) is 10.6. The minimum absolute atomic E-state index is 0.0317. The van der Waals surface area contributed by atoms with Crippen molar-refractivity contribution in [2.45, 2.75) is 24.8 Å². The van der Waals surface area contributed by atoms with E-state index >= 15 is 0 Å². The van der Waals surface area contributed by atoms with Crippen molar-refractivity contribution in [2.75, 3.05) is 26.6 Å². The highest BCUT2D eigenvalue weighted by molar-refractivity contribution is 5.70. The summed E-state index contributed by atoms with van der Waals surface area (Å²) in [4.78, 5) is 22.3. The van der Waals surface area contributed by atoms with Gasteiger partial charge in [-0.05, 0) is 6.42 Å². The Bertz CT molecular complexity index is 684. The fourth-order valence-corrected chi connectivity index (χ4v) is 2.47. The maximum atomic E-state index is 11.7. The third kappa shape index (κ3) is 2.95. The number of hydrogen-bond acceptors (Lipinski definition) is 8. The summed E-state index contributed by atoms with van der Waals surface area (Å²) in [5.74, 6) is 0.0317. The number of rotatable bonds is 3. The Balaban J connectivity index is 0.000000847. The van der Waals surface area contributed by atoms with Crippen molar-refractivity contribution in [1.29, 1.82) is 0 Å². The molecular formula is C12H20N6O4. The van der Waals surface area contributed by atoms with E-state index in [0.29, 0.717) is 18.7 Å². The molecule has 122 valence electrons. The molecule has 3 heterocycles. The molecule has 2 aromatic rings. The van der Waals surface area contributed by atoms with Crippen LogP contribution in [0.15, 0.2) is 11.1 Å². The van der Waals surface area contributed by atoms with Crippen LogP contribution in [0.2, 0.25) is 0 Å². The Morgan fingerprint density at radius 3 is 3.00 bits per heavy atom. The standard InChI is InChI=1S/C11H16N6O3.CH4O/c1-19-3-5-2-6(12)10(20-5)17-4-14-7-8(17)15-11(13)16-9(7)18;1-2/h4-6,10H,2-3,12H2,1H3,(H3,13,15,16,18);2H,1H3/t5-,6?,10+;/m0./s1. The van der Waals surface area contributed by atoms with E-state index in [1.165, 1.54) is 6.33 Å². The number of aliphatic hydroxyl groups excluding tert-OH is 1. The van der Waals surface area contributed by atoms with Crippen LogP contribution in [0.1, 0.15) is 12.6 Å². The highest BCUT2D eigenvalue weighted by atomic mass is 16.5. The molecule has 0 radical (unpaired) electrons. The first-order valence-corrected chi connectivity index (χ1v) is 6.67. The van der Waals surface area contributed by atoms with Gasteiger partial charge in [-0.25, -0.2) is 4.98 Å². The second-order valence-electron chi connectivity index (χ2n) is 4.78. The maximum Gasteiger partial charge on any atom is 0.280 e. The van der Waals surface area contributed by atoms with Crippen LogP contribution < -0.4 is 17.0 Å². The minimum atomic E-state index is -0.436. The highest BCUT2D eigenvalue weighted by Crippen LogP contribution is 2.29. The van der Waals surface area contributed by atoms with Gasteiger partial charge in [-0.15, -0.1) is 0 Å². The van der Waals surface area contributed by atoms with Crippen molar-refractivity contribution in [2.24, 2.45) is 5.73 Å². The molecule has 1 aliphatic rings. The zero-order valence-electron chi connectivity index (χ0n) is 12.4. The molecule has 0 aliphatic carbocycles. The molecule has 2 aromatic heterocycles. The van der Waals surface area contributed by atoms with Crippen LogP contribution in [0.25, 0.3) is 11.2 Å². The number of H-pyrrole nitrogens is 1. The third-order valence-corrected chi connectivity index (χ3v) is 3.31. The summed E-state index contributed by atoms with van der Waals surface area (Å²) >= 11 is 0. The van der Waals surface area contributed by atoms with E-state index in [2.05, 4.69) is 15.0 Å². The molecule has 0 amide bonds. The topological polar surface area (TPSA) is 154 Å². The first-order valence-electron chi connectivity index (χ1n) is 6.67. The normalized spacial score (nSPS) is 24.3. The largest absolute Gasteiger partial charge is 0.400 e. The third-order valence-electron chi connectivity index (χ3n) is 3.31. The first kappa shape index (κ1) is 16.4. The highest BCUT2D eigenvalue weighted by Gasteiger charge is 2.35. The van der Waals surface area contributed by atoms with Crippen molar-refractivity contribution >= 4 is 17.1 Å². The predicted molar refractivity (Wildman–Crippen MR) is 79.1 cm³/mol. The summed E-state index contributed by atoms with van der Waals surface area (Å²) in [5, 5.41) is 7.00. The van der Waals surface area contributed by atoms with Crippen molar-refractivity contribution in [3.8, 4) is 0 Å². The van der Waals surface area contributed by atoms with Crippen molar-refractivity contribution < 1.29 is 14.6 Å².